The summed E-state index contributed by atoms with van der Waals surface area (Å²) >= 11 is 0. The van der Waals surface area contributed by atoms with Crippen molar-refractivity contribution in [1.29, 1.82) is 0 Å². The fourth-order valence-electron chi connectivity index (χ4n) is 6.26. The predicted octanol–water partition coefficient (Wildman–Crippen LogP) is -1.74. The number of carbonyl (C=O) groups excluding carboxylic acids is 4. The van der Waals surface area contributed by atoms with Gasteiger partial charge in [-0.15, -0.1) is 0 Å². The SMILES string of the molecule is O=C(c1cc(O)c(O)c(O)c1)[C@@]1(O)[C@](O)(C(=O)c2cc(O)c(O)c(O)c2)[C@@](O)(C(=O)c2cc(O)c(O)c(O)c2)O[C@H](CO)[C@]1(O)C(=O)c1cc(O)c(O)c(O)c1. The highest BCUT2D eigenvalue weighted by atomic mass is 16.7. The molecule has 0 spiro atoms. The Morgan fingerprint density at radius 3 is 0.964 bits per heavy atom. The first kappa shape index (κ1) is 40.1. The second kappa shape index (κ2) is 13.0. The minimum atomic E-state index is -5.10. The Bertz CT molecular complexity index is 2280. The smallest absolute Gasteiger partial charge is 0.273 e. The van der Waals surface area contributed by atoms with Crippen LogP contribution in [0.25, 0.3) is 0 Å². The Morgan fingerprint density at radius 1 is 0.429 bits per heavy atom. The number of hydrogen-bond acceptors (Lipinski definition) is 22. The summed E-state index contributed by atoms with van der Waals surface area (Å²) in [4.78, 5) is 58.2. The molecule has 17 N–H and O–H groups in total. The van der Waals surface area contributed by atoms with Gasteiger partial charge in [-0.1, -0.05) is 0 Å². The standard InChI is InChI=1S/C34H28O22/c35-9-22-31(52,27(48)10-1-14(36)23(44)15(37)2-10)32(53,28(49)11-3-16(38)24(45)17(39)4-11)33(54,29(50)12-5-18(40)25(46)19(41)6-12)34(55,56-22)30(51)13-7-20(42)26(47)21(43)8-13/h1-8,22,35-47,52-55H,9H2/t22-,31+,32+,33-,34-/m1/s1. The van der Waals surface area contributed by atoms with Crippen molar-refractivity contribution >= 4 is 23.1 Å². The molecule has 1 aliphatic rings. The van der Waals surface area contributed by atoms with Gasteiger partial charge in [-0.3, -0.25) is 19.2 Å². The summed E-state index contributed by atoms with van der Waals surface area (Å²) in [6, 6.07) is 1.63. The molecule has 5 rings (SSSR count). The summed E-state index contributed by atoms with van der Waals surface area (Å²) in [5.74, 6) is -30.8. The lowest BCUT2D eigenvalue weighted by Crippen LogP contribution is -2.91. The van der Waals surface area contributed by atoms with Crippen LogP contribution in [0, 0.1) is 0 Å². The van der Waals surface area contributed by atoms with Crippen molar-refractivity contribution in [3.63, 3.8) is 0 Å². The zero-order valence-electron chi connectivity index (χ0n) is 27.5. The number of rotatable bonds is 9. The summed E-state index contributed by atoms with van der Waals surface area (Å²) in [5.41, 5.74) is -20.1. The highest BCUT2D eigenvalue weighted by molar-refractivity contribution is 6.22. The average Bonchev–Trinajstić information content (AvgIpc) is 3.15. The lowest BCUT2D eigenvalue weighted by molar-refractivity contribution is -0.377. The number of aliphatic hydroxyl groups excluding tert-OH is 1. The quantitative estimate of drug-likeness (QED) is 0.0661. The number of benzene rings is 4. The van der Waals surface area contributed by atoms with Crippen LogP contribution in [0.15, 0.2) is 48.5 Å². The largest absolute Gasteiger partial charge is 0.504 e. The first-order valence-corrected chi connectivity index (χ1v) is 15.2. The van der Waals surface area contributed by atoms with E-state index in [1.54, 1.807) is 0 Å². The average molecular weight is 789 g/mol. The van der Waals surface area contributed by atoms with Crippen molar-refractivity contribution in [3.05, 3.63) is 70.8 Å². The van der Waals surface area contributed by atoms with E-state index in [4.69, 9.17) is 4.74 Å². The monoisotopic (exact) mass is 788 g/mol. The molecule has 0 aromatic heterocycles. The zero-order valence-corrected chi connectivity index (χ0v) is 27.5. The maximum atomic E-state index is 14.7. The van der Waals surface area contributed by atoms with E-state index in [9.17, 15) is 106 Å². The highest BCUT2D eigenvalue weighted by Gasteiger charge is 2.86. The van der Waals surface area contributed by atoms with Gasteiger partial charge in [0, 0.05) is 22.3 Å². The molecule has 1 fully saturated rings. The highest BCUT2D eigenvalue weighted by Crippen LogP contribution is 2.55. The number of aromatic hydroxyl groups is 12. The normalized spacial score (nSPS) is 24.7. The fraction of sp³-hybridized carbons (Fsp3) is 0.176. The van der Waals surface area contributed by atoms with Gasteiger partial charge in [0.25, 0.3) is 5.79 Å². The topological polar surface area (TPSA) is 421 Å². The number of ether oxygens (including phenoxy) is 1. The van der Waals surface area contributed by atoms with E-state index in [1.807, 2.05) is 0 Å². The van der Waals surface area contributed by atoms with Crippen molar-refractivity contribution in [2.45, 2.75) is 28.7 Å². The zero-order chi connectivity index (χ0) is 42.2. The lowest BCUT2D eigenvalue weighted by atomic mass is 9.55. The van der Waals surface area contributed by atoms with Gasteiger partial charge in [-0.25, -0.2) is 0 Å². The van der Waals surface area contributed by atoms with Gasteiger partial charge in [0.15, 0.2) is 74.6 Å². The third-order valence-electron chi connectivity index (χ3n) is 9.15. The molecule has 0 unspecified atom stereocenters. The lowest BCUT2D eigenvalue weighted by Gasteiger charge is -2.60. The van der Waals surface area contributed by atoms with Gasteiger partial charge in [0.05, 0.1) is 6.61 Å². The Hall–Kier alpha value is -7.08. The van der Waals surface area contributed by atoms with Gasteiger partial charge >= 0.3 is 0 Å². The van der Waals surface area contributed by atoms with Crippen LogP contribution in [-0.4, -0.2) is 145 Å². The van der Waals surface area contributed by atoms with Crippen LogP contribution in [0.5, 0.6) is 69.0 Å². The number of phenolic OH excluding ortho intramolecular Hbond substituents is 12. The molecule has 1 aliphatic heterocycles. The van der Waals surface area contributed by atoms with E-state index in [1.165, 1.54) is 0 Å². The molecule has 0 saturated carbocycles. The van der Waals surface area contributed by atoms with Crippen LogP contribution in [0.3, 0.4) is 0 Å². The molecule has 4 aromatic carbocycles. The predicted molar refractivity (Wildman–Crippen MR) is 175 cm³/mol. The van der Waals surface area contributed by atoms with Crippen LogP contribution >= 0.6 is 0 Å². The number of aliphatic hydroxyl groups is 5. The molecule has 0 bridgehead atoms. The first-order chi connectivity index (χ1) is 25.8. The molecule has 5 atom stereocenters. The minimum absolute atomic E-state index is 0.163. The van der Waals surface area contributed by atoms with E-state index < -0.39 is 150 Å². The third-order valence-corrected chi connectivity index (χ3v) is 9.15. The van der Waals surface area contributed by atoms with Crippen LogP contribution < -0.4 is 0 Å². The minimum Gasteiger partial charge on any atom is -0.504 e. The number of hydrogen-bond donors (Lipinski definition) is 17. The van der Waals surface area contributed by atoms with Crippen molar-refractivity contribution < 1.29 is 111 Å². The van der Waals surface area contributed by atoms with Gasteiger partial charge in [0.1, 0.15) is 6.10 Å². The number of carbonyl (C=O) groups is 4. The van der Waals surface area contributed by atoms with Crippen molar-refractivity contribution in [1.82, 2.24) is 0 Å². The fourth-order valence-corrected chi connectivity index (χ4v) is 6.26. The van der Waals surface area contributed by atoms with Crippen LogP contribution in [0.1, 0.15) is 41.4 Å². The number of Topliss-reactive ketones (excluding diaryl/α,β-unsaturated/α-hetero) is 4. The van der Waals surface area contributed by atoms with Crippen molar-refractivity contribution in [3.8, 4) is 69.0 Å². The summed E-state index contributed by atoms with van der Waals surface area (Å²) in [7, 11) is 0. The molecule has 4 aromatic rings. The van der Waals surface area contributed by atoms with Gasteiger partial charge in [-0.2, -0.15) is 0 Å². The molecule has 1 saturated heterocycles. The Kier molecular flexibility index (Phi) is 9.35. The Morgan fingerprint density at radius 2 is 0.679 bits per heavy atom. The molecule has 22 heteroatoms. The molecular weight excluding hydrogens is 760 g/mol. The van der Waals surface area contributed by atoms with E-state index in [2.05, 4.69) is 0 Å². The summed E-state index contributed by atoms with van der Waals surface area (Å²) in [6.07, 6.45) is -3.19. The van der Waals surface area contributed by atoms with Crippen molar-refractivity contribution in [2.75, 3.05) is 6.61 Å². The second-order valence-electron chi connectivity index (χ2n) is 12.4. The molecule has 0 aliphatic carbocycles. The summed E-state index contributed by atoms with van der Waals surface area (Å²) in [6.45, 7) is -1.94. The third kappa shape index (κ3) is 5.28. The van der Waals surface area contributed by atoms with E-state index >= 15 is 0 Å². The summed E-state index contributed by atoms with van der Waals surface area (Å²) in [5, 5.41) is 182. The molecule has 0 radical (unpaired) electrons. The first-order valence-electron chi connectivity index (χ1n) is 15.2. The molecule has 22 nitrogen and oxygen atoms in total. The van der Waals surface area contributed by atoms with Crippen molar-refractivity contribution in [2.24, 2.45) is 0 Å². The van der Waals surface area contributed by atoms with Gasteiger partial charge in [-0.05, 0) is 48.5 Å². The van der Waals surface area contributed by atoms with E-state index in [-0.39, 0.29) is 48.5 Å². The Labute approximate surface area is 309 Å². The summed E-state index contributed by atoms with van der Waals surface area (Å²) < 4.78 is 5.17. The molecular formula is C34H28O22. The number of phenols is 12. The molecule has 296 valence electrons. The maximum Gasteiger partial charge on any atom is 0.273 e. The van der Waals surface area contributed by atoms with E-state index in [0.29, 0.717) is 0 Å². The van der Waals surface area contributed by atoms with Gasteiger partial charge < -0.3 is 91.5 Å². The maximum absolute atomic E-state index is 14.7. The Balaban J connectivity index is 2.01. The van der Waals surface area contributed by atoms with Crippen LogP contribution in [0.2, 0.25) is 0 Å². The second-order valence-corrected chi connectivity index (χ2v) is 12.4. The molecule has 56 heavy (non-hydrogen) atoms. The van der Waals surface area contributed by atoms with E-state index in [0.717, 1.165) is 0 Å². The van der Waals surface area contributed by atoms with Gasteiger partial charge in [0.2, 0.25) is 34.3 Å². The molecule has 0 amide bonds. The van der Waals surface area contributed by atoms with Crippen LogP contribution in [0.4, 0.5) is 0 Å². The van der Waals surface area contributed by atoms with Crippen LogP contribution in [-0.2, 0) is 4.74 Å². The molecule has 1 heterocycles. The number of ketones is 4.